The number of thiophene rings is 2. The summed E-state index contributed by atoms with van der Waals surface area (Å²) in [5.74, 6) is 0. The summed E-state index contributed by atoms with van der Waals surface area (Å²) < 4.78 is 7.86. The van der Waals surface area contributed by atoms with Crippen LogP contribution in [0.4, 0.5) is 0 Å². The van der Waals surface area contributed by atoms with E-state index < -0.39 is 0 Å². The van der Waals surface area contributed by atoms with Crippen molar-refractivity contribution in [3.63, 3.8) is 0 Å². The Morgan fingerprint density at radius 1 is 0.462 bits per heavy atom. The summed E-state index contributed by atoms with van der Waals surface area (Å²) in [5, 5.41) is 7.96. The zero-order valence-corrected chi connectivity index (χ0v) is 22.5. The number of rotatable bonds is 2. The van der Waals surface area contributed by atoms with Crippen LogP contribution in [0.1, 0.15) is 0 Å². The Morgan fingerprint density at radius 3 is 2.13 bits per heavy atom. The largest absolute Gasteiger partial charge is 0.308 e. The zero-order valence-electron chi connectivity index (χ0n) is 20.9. The van der Waals surface area contributed by atoms with Gasteiger partial charge in [-0.05, 0) is 46.2 Å². The molecular weight excluding hydrogens is 511 g/mol. The van der Waals surface area contributed by atoms with Crippen molar-refractivity contribution in [2.24, 2.45) is 0 Å². The second-order valence-corrected chi connectivity index (χ2v) is 12.2. The molecule has 39 heavy (non-hydrogen) atoms. The Labute approximate surface area is 232 Å². The fraction of sp³-hybridized carbons (Fsp3) is 0. The Kier molecular flexibility index (Phi) is 4.43. The minimum atomic E-state index is 1.20. The van der Waals surface area contributed by atoms with Gasteiger partial charge in [-0.3, -0.25) is 0 Å². The predicted molar refractivity (Wildman–Crippen MR) is 172 cm³/mol. The number of benzene rings is 6. The van der Waals surface area contributed by atoms with Gasteiger partial charge in [0.25, 0.3) is 0 Å². The SMILES string of the molecule is c1ccc(-n2c3ccccc3c3sc4cc(-c5cccc6c5sc5c7ccccc7ccc65)ccc4c32)cc1. The Bertz CT molecular complexity index is 2390. The van der Waals surface area contributed by atoms with Crippen molar-refractivity contribution in [3.8, 4) is 16.8 Å². The standard InChI is InChI=1S/C36H21NS2/c1-2-10-24(11-3-1)37-31-16-7-6-13-29(31)36-33(37)30-20-18-23(21-32(30)38-36)26-14-8-15-27-28-19-17-22-9-4-5-12-25(22)34(28)39-35(26)27/h1-21H. The van der Waals surface area contributed by atoms with Crippen molar-refractivity contribution in [1.82, 2.24) is 4.57 Å². The van der Waals surface area contributed by atoms with E-state index in [1.54, 1.807) is 0 Å². The van der Waals surface area contributed by atoms with Crippen LogP contribution in [0.5, 0.6) is 0 Å². The lowest BCUT2D eigenvalue weighted by atomic mass is 10.0. The van der Waals surface area contributed by atoms with Gasteiger partial charge in [0, 0.05) is 41.3 Å². The summed E-state index contributed by atoms with van der Waals surface area (Å²) in [4.78, 5) is 0. The maximum Gasteiger partial charge on any atom is 0.0727 e. The van der Waals surface area contributed by atoms with Gasteiger partial charge in [-0.1, -0.05) is 103 Å². The number of fused-ring (bicyclic) bond motifs is 10. The van der Waals surface area contributed by atoms with Crippen molar-refractivity contribution < 1.29 is 0 Å². The van der Waals surface area contributed by atoms with Crippen molar-refractivity contribution in [3.05, 3.63) is 127 Å². The molecule has 0 saturated carbocycles. The highest BCUT2D eigenvalue weighted by molar-refractivity contribution is 7.27. The molecular formula is C36H21NS2. The van der Waals surface area contributed by atoms with Crippen LogP contribution in [0.15, 0.2) is 127 Å². The molecule has 0 fully saturated rings. The van der Waals surface area contributed by atoms with Crippen LogP contribution in [0.3, 0.4) is 0 Å². The van der Waals surface area contributed by atoms with Crippen molar-refractivity contribution in [2.45, 2.75) is 0 Å². The summed E-state index contributed by atoms with van der Waals surface area (Å²) in [6.45, 7) is 0. The lowest BCUT2D eigenvalue weighted by molar-refractivity contribution is 1.19. The maximum absolute atomic E-state index is 2.43. The average Bonchev–Trinajstić information content (AvgIpc) is 3.66. The predicted octanol–water partition coefficient (Wildman–Crippen LogP) is 11.2. The monoisotopic (exact) mass is 531 g/mol. The van der Waals surface area contributed by atoms with Crippen molar-refractivity contribution >= 4 is 84.8 Å². The molecule has 1 nitrogen and oxygen atoms in total. The summed E-state index contributed by atoms with van der Waals surface area (Å²) in [5.41, 5.74) is 6.37. The smallest absolute Gasteiger partial charge is 0.0727 e. The number of hydrogen-bond donors (Lipinski definition) is 0. The molecule has 0 unspecified atom stereocenters. The van der Waals surface area contributed by atoms with E-state index in [2.05, 4.69) is 132 Å². The Morgan fingerprint density at radius 2 is 1.21 bits per heavy atom. The molecule has 0 aliphatic heterocycles. The molecule has 9 rings (SSSR count). The average molecular weight is 532 g/mol. The van der Waals surface area contributed by atoms with E-state index in [4.69, 9.17) is 0 Å². The first-order valence-corrected chi connectivity index (χ1v) is 14.8. The van der Waals surface area contributed by atoms with Crippen LogP contribution in [0.25, 0.3) is 79.0 Å². The Hall–Kier alpha value is -4.44. The molecule has 0 amide bonds. The first-order chi connectivity index (χ1) is 19.3. The third-order valence-electron chi connectivity index (χ3n) is 7.99. The van der Waals surface area contributed by atoms with Crippen LogP contribution < -0.4 is 0 Å². The van der Waals surface area contributed by atoms with Gasteiger partial charge >= 0.3 is 0 Å². The van der Waals surface area contributed by atoms with E-state index in [1.165, 1.54) is 79.0 Å². The minimum absolute atomic E-state index is 1.20. The number of nitrogens with zero attached hydrogens (tertiary/aromatic N) is 1. The van der Waals surface area contributed by atoms with Crippen molar-refractivity contribution in [1.29, 1.82) is 0 Å². The van der Waals surface area contributed by atoms with Gasteiger partial charge in [0.05, 0.1) is 15.7 Å². The van der Waals surface area contributed by atoms with E-state index in [-0.39, 0.29) is 0 Å². The van der Waals surface area contributed by atoms with E-state index in [1.807, 2.05) is 22.7 Å². The van der Waals surface area contributed by atoms with Gasteiger partial charge < -0.3 is 4.57 Å². The summed E-state index contributed by atoms with van der Waals surface area (Å²) in [7, 11) is 0. The minimum Gasteiger partial charge on any atom is -0.308 e. The number of para-hydroxylation sites is 2. The lowest BCUT2D eigenvalue weighted by Gasteiger charge is -2.08. The molecule has 0 aliphatic rings. The lowest BCUT2D eigenvalue weighted by Crippen LogP contribution is -1.92. The van der Waals surface area contributed by atoms with Gasteiger partial charge in [-0.15, -0.1) is 22.7 Å². The first kappa shape index (κ1) is 21.5. The molecule has 9 aromatic rings. The highest BCUT2D eigenvalue weighted by Gasteiger charge is 2.19. The highest BCUT2D eigenvalue weighted by atomic mass is 32.1. The molecule has 3 heteroatoms. The number of aromatic nitrogens is 1. The molecule has 0 saturated heterocycles. The molecule has 6 aromatic carbocycles. The quantitative estimate of drug-likeness (QED) is 0.209. The van der Waals surface area contributed by atoms with Crippen molar-refractivity contribution in [2.75, 3.05) is 0 Å². The van der Waals surface area contributed by atoms with Crippen LogP contribution in [0, 0.1) is 0 Å². The Balaban J connectivity index is 1.31. The van der Waals surface area contributed by atoms with E-state index in [9.17, 15) is 0 Å². The van der Waals surface area contributed by atoms with Gasteiger partial charge in [-0.2, -0.15) is 0 Å². The van der Waals surface area contributed by atoms with Gasteiger partial charge in [0.15, 0.2) is 0 Å². The van der Waals surface area contributed by atoms with E-state index >= 15 is 0 Å². The van der Waals surface area contributed by atoms with E-state index in [0.29, 0.717) is 0 Å². The second-order valence-electron chi connectivity index (χ2n) is 10.1. The normalized spacial score (nSPS) is 12.1. The fourth-order valence-electron chi connectivity index (χ4n) is 6.23. The number of hydrogen-bond acceptors (Lipinski definition) is 2. The van der Waals surface area contributed by atoms with Crippen LogP contribution in [-0.2, 0) is 0 Å². The molecule has 3 aromatic heterocycles. The molecule has 0 radical (unpaired) electrons. The zero-order chi connectivity index (χ0) is 25.5. The first-order valence-electron chi connectivity index (χ1n) is 13.2. The third kappa shape index (κ3) is 3.00. The molecule has 3 heterocycles. The third-order valence-corrected chi connectivity index (χ3v) is 10.5. The molecule has 0 atom stereocenters. The molecule has 0 aliphatic carbocycles. The van der Waals surface area contributed by atoms with Gasteiger partial charge in [0.2, 0.25) is 0 Å². The molecule has 182 valence electrons. The van der Waals surface area contributed by atoms with Crippen LogP contribution >= 0.6 is 22.7 Å². The summed E-state index contributed by atoms with van der Waals surface area (Å²) in [6, 6.07) is 46.6. The molecule has 0 N–H and O–H groups in total. The second kappa shape index (κ2) is 8.03. The van der Waals surface area contributed by atoms with Crippen LogP contribution in [-0.4, -0.2) is 4.57 Å². The van der Waals surface area contributed by atoms with Gasteiger partial charge in [0.1, 0.15) is 0 Å². The van der Waals surface area contributed by atoms with E-state index in [0.717, 1.165) is 0 Å². The fourth-order valence-corrected chi connectivity index (χ4v) is 8.87. The summed E-state index contributed by atoms with van der Waals surface area (Å²) >= 11 is 3.84. The van der Waals surface area contributed by atoms with Gasteiger partial charge in [-0.25, -0.2) is 0 Å². The molecule has 0 spiro atoms. The summed E-state index contributed by atoms with van der Waals surface area (Å²) in [6.07, 6.45) is 0. The topological polar surface area (TPSA) is 4.93 Å². The molecule has 0 bridgehead atoms. The maximum atomic E-state index is 2.43. The van der Waals surface area contributed by atoms with Crippen LogP contribution in [0.2, 0.25) is 0 Å². The highest BCUT2D eigenvalue weighted by Crippen LogP contribution is 2.46.